The van der Waals surface area contributed by atoms with E-state index in [1.165, 1.54) is 0 Å². The number of nitrogens with zero attached hydrogens (tertiary/aromatic N) is 3. The van der Waals surface area contributed by atoms with Gasteiger partial charge >= 0.3 is 6.03 Å². The van der Waals surface area contributed by atoms with E-state index in [0.29, 0.717) is 41.9 Å². The summed E-state index contributed by atoms with van der Waals surface area (Å²) in [4.78, 5) is 17.0. The molecule has 3 aromatic rings. The average molecular weight is 409 g/mol. The first-order valence-electron chi connectivity index (χ1n) is 10.0. The first kappa shape index (κ1) is 18.3. The summed E-state index contributed by atoms with van der Waals surface area (Å²) in [5.74, 6) is 2.65. The monoisotopic (exact) mass is 409 g/mol. The number of amides is 2. The standard InChI is InChI=1S/C20H23N7O3/c1-21-17-10-16(24-13-6-3-7-15-18(13)30-9-8-29-15)26-19-14(11-22-27(17)19)25-20(28)23-12-4-2-5-12/h3,6-7,10-12,21H,2,4-5,8-9H2,1H3,(H,24,26)(H2,23,25,28). The van der Waals surface area contributed by atoms with Gasteiger partial charge in [0.05, 0.1) is 11.9 Å². The zero-order valence-corrected chi connectivity index (χ0v) is 16.6. The highest BCUT2D eigenvalue weighted by Crippen LogP contribution is 2.38. The van der Waals surface area contributed by atoms with Gasteiger partial charge in [-0.25, -0.2) is 9.78 Å². The van der Waals surface area contributed by atoms with Gasteiger partial charge in [0.25, 0.3) is 0 Å². The molecule has 0 saturated heterocycles. The van der Waals surface area contributed by atoms with E-state index in [4.69, 9.17) is 9.47 Å². The van der Waals surface area contributed by atoms with Gasteiger partial charge in [0.2, 0.25) is 0 Å². The van der Waals surface area contributed by atoms with Gasteiger partial charge in [0, 0.05) is 19.2 Å². The molecule has 0 radical (unpaired) electrons. The topological polar surface area (TPSA) is 114 Å². The van der Waals surface area contributed by atoms with Crippen molar-refractivity contribution in [3.8, 4) is 11.5 Å². The number of anilines is 4. The van der Waals surface area contributed by atoms with Crippen LogP contribution in [0.4, 0.5) is 27.8 Å². The van der Waals surface area contributed by atoms with E-state index >= 15 is 0 Å². The van der Waals surface area contributed by atoms with Crippen LogP contribution in [0, 0.1) is 0 Å². The Bertz CT molecular complexity index is 1090. The highest BCUT2D eigenvalue weighted by molar-refractivity contribution is 5.93. The lowest BCUT2D eigenvalue weighted by Gasteiger charge is -2.26. The van der Waals surface area contributed by atoms with Crippen LogP contribution in [-0.2, 0) is 0 Å². The summed E-state index contributed by atoms with van der Waals surface area (Å²) >= 11 is 0. The number of carbonyl (C=O) groups excluding carboxylic acids is 1. The van der Waals surface area contributed by atoms with Gasteiger partial charge in [0.15, 0.2) is 17.1 Å². The van der Waals surface area contributed by atoms with Crippen molar-refractivity contribution < 1.29 is 14.3 Å². The molecule has 3 heterocycles. The molecule has 2 aromatic heterocycles. The summed E-state index contributed by atoms with van der Waals surface area (Å²) in [6.07, 6.45) is 4.79. The Labute approximate surface area is 173 Å². The van der Waals surface area contributed by atoms with Crippen LogP contribution in [0.1, 0.15) is 19.3 Å². The third-order valence-electron chi connectivity index (χ3n) is 5.25. The maximum atomic E-state index is 12.3. The molecule has 2 amide bonds. The van der Waals surface area contributed by atoms with E-state index in [1.807, 2.05) is 24.3 Å². The lowest BCUT2D eigenvalue weighted by molar-refractivity contribution is 0.172. The molecule has 4 N–H and O–H groups in total. The number of ether oxygens (including phenoxy) is 2. The molecule has 156 valence electrons. The number of rotatable bonds is 5. The number of aromatic nitrogens is 3. The number of para-hydroxylation sites is 1. The van der Waals surface area contributed by atoms with Gasteiger partial charge in [-0.2, -0.15) is 9.61 Å². The van der Waals surface area contributed by atoms with Crippen molar-refractivity contribution >= 4 is 34.7 Å². The number of nitrogens with one attached hydrogen (secondary N) is 4. The van der Waals surface area contributed by atoms with Crippen molar-refractivity contribution in [3.05, 3.63) is 30.5 Å². The molecule has 1 aliphatic carbocycles. The van der Waals surface area contributed by atoms with Crippen molar-refractivity contribution in [1.82, 2.24) is 19.9 Å². The first-order chi connectivity index (χ1) is 14.7. The van der Waals surface area contributed by atoms with Gasteiger partial charge in [-0.1, -0.05) is 6.07 Å². The Balaban J connectivity index is 1.45. The fraction of sp³-hybridized carbons (Fsp3) is 0.350. The highest BCUT2D eigenvalue weighted by Gasteiger charge is 2.21. The Morgan fingerprint density at radius 1 is 1.20 bits per heavy atom. The van der Waals surface area contributed by atoms with E-state index in [0.717, 1.165) is 30.8 Å². The molecular formula is C20H23N7O3. The van der Waals surface area contributed by atoms with Crippen LogP contribution in [0.15, 0.2) is 30.5 Å². The Kier molecular flexibility index (Phi) is 4.66. The lowest BCUT2D eigenvalue weighted by Crippen LogP contribution is -2.41. The summed E-state index contributed by atoms with van der Waals surface area (Å²) in [6.45, 7) is 1.02. The van der Waals surface area contributed by atoms with Crippen LogP contribution in [0.2, 0.25) is 0 Å². The first-order valence-corrected chi connectivity index (χ1v) is 10.0. The van der Waals surface area contributed by atoms with E-state index in [9.17, 15) is 4.79 Å². The zero-order chi connectivity index (χ0) is 20.5. The van der Waals surface area contributed by atoms with Crippen LogP contribution >= 0.6 is 0 Å². The fourth-order valence-electron chi connectivity index (χ4n) is 3.50. The van der Waals surface area contributed by atoms with E-state index < -0.39 is 0 Å². The maximum absolute atomic E-state index is 12.3. The van der Waals surface area contributed by atoms with E-state index in [2.05, 4.69) is 31.3 Å². The average Bonchev–Trinajstić information content (AvgIpc) is 3.13. The van der Waals surface area contributed by atoms with Crippen LogP contribution in [0.5, 0.6) is 11.5 Å². The number of hydrogen-bond acceptors (Lipinski definition) is 7. The van der Waals surface area contributed by atoms with Gasteiger partial charge < -0.3 is 30.7 Å². The normalized spacial score (nSPS) is 15.4. The lowest BCUT2D eigenvalue weighted by atomic mass is 9.93. The number of fused-ring (bicyclic) bond motifs is 2. The summed E-state index contributed by atoms with van der Waals surface area (Å²) in [6, 6.07) is 7.50. The van der Waals surface area contributed by atoms with Crippen molar-refractivity contribution in [2.24, 2.45) is 0 Å². The molecule has 1 saturated carbocycles. The van der Waals surface area contributed by atoms with Gasteiger partial charge in [0.1, 0.15) is 30.5 Å². The second-order valence-electron chi connectivity index (χ2n) is 7.25. The van der Waals surface area contributed by atoms with Gasteiger partial charge in [-0.05, 0) is 31.4 Å². The van der Waals surface area contributed by atoms with Crippen molar-refractivity contribution in [1.29, 1.82) is 0 Å². The Morgan fingerprint density at radius 2 is 2.07 bits per heavy atom. The Hall–Kier alpha value is -3.69. The summed E-state index contributed by atoms with van der Waals surface area (Å²) < 4.78 is 13.1. The second-order valence-corrected chi connectivity index (χ2v) is 7.25. The van der Waals surface area contributed by atoms with Gasteiger partial charge in [-0.3, -0.25) is 0 Å². The quantitative estimate of drug-likeness (QED) is 0.512. The zero-order valence-electron chi connectivity index (χ0n) is 16.6. The molecule has 10 heteroatoms. The third-order valence-corrected chi connectivity index (χ3v) is 5.25. The minimum absolute atomic E-state index is 0.247. The van der Waals surface area contributed by atoms with Crippen molar-refractivity contribution in [3.63, 3.8) is 0 Å². The predicted octanol–water partition coefficient (Wildman–Crippen LogP) is 2.96. The second kappa shape index (κ2) is 7.62. The van der Waals surface area contributed by atoms with Crippen molar-refractivity contribution in [2.45, 2.75) is 25.3 Å². The predicted molar refractivity (Wildman–Crippen MR) is 113 cm³/mol. The molecule has 10 nitrogen and oxygen atoms in total. The summed E-state index contributed by atoms with van der Waals surface area (Å²) in [5.41, 5.74) is 1.81. The SMILES string of the molecule is CNc1cc(Nc2cccc3c2OCCO3)nc2c(NC(=O)NC3CCC3)cnn12. The Morgan fingerprint density at radius 3 is 2.87 bits per heavy atom. The number of hydrogen-bond donors (Lipinski definition) is 4. The molecule has 1 aliphatic heterocycles. The molecule has 1 aromatic carbocycles. The molecular weight excluding hydrogens is 386 g/mol. The van der Waals surface area contributed by atoms with Crippen LogP contribution < -0.4 is 30.7 Å². The largest absolute Gasteiger partial charge is 0.486 e. The smallest absolute Gasteiger partial charge is 0.319 e. The number of carbonyl (C=O) groups is 1. The van der Waals surface area contributed by atoms with E-state index in [-0.39, 0.29) is 12.1 Å². The number of urea groups is 1. The molecule has 2 aliphatic rings. The highest BCUT2D eigenvalue weighted by atomic mass is 16.6. The fourth-order valence-corrected chi connectivity index (χ4v) is 3.50. The number of benzene rings is 1. The molecule has 0 unspecified atom stereocenters. The minimum atomic E-state index is -0.247. The molecule has 1 fully saturated rings. The van der Waals surface area contributed by atoms with E-state index in [1.54, 1.807) is 17.8 Å². The van der Waals surface area contributed by atoms with Crippen molar-refractivity contribution in [2.75, 3.05) is 36.2 Å². The van der Waals surface area contributed by atoms with Crippen LogP contribution in [-0.4, -0.2) is 46.9 Å². The van der Waals surface area contributed by atoms with Crippen LogP contribution in [0.25, 0.3) is 5.65 Å². The third kappa shape index (κ3) is 3.40. The molecule has 0 bridgehead atoms. The molecule has 30 heavy (non-hydrogen) atoms. The van der Waals surface area contributed by atoms with Crippen LogP contribution in [0.3, 0.4) is 0 Å². The summed E-state index contributed by atoms with van der Waals surface area (Å²) in [5, 5.41) is 16.6. The molecule has 0 atom stereocenters. The maximum Gasteiger partial charge on any atom is 0.319 e. The minimum Gasteiger partial charge on any atom is -0.486 e. The summed E-state index contributed by atoms with van der Waals surface area (Å²) in [7, 11) is 1.80. The molecule has 0 spiro atoms. The van der Waals surface area contributed by atoms with Gasteiger partial charge in [-0.15, -0.1) is 0 Å². The molecule has 5 rings (SSSR count).